The molecule has 1 saturated carbocycles. The lowest BCUT2D eigenvalue weighted by Gasteiger charge is -2.23. The number of unbranched alkanes of at least 4 members (excludes halogenated alkanes) is 1. The Labute approximate surface area is 158 Å². The Balaban J connectivity index is 1.83. The molecule has 0 unspecified atom stereocenters. The van der Waals surface area contributed by atoms with Crippen molar-refractivity contribution in [3.05, 3.63) is 47.0 Å². The summed E-state index contributed by atoms with van der Waals surface area (Å²) in [6, 6.07) is 6.69. The molecule has 0 aliphatic heterocycles. The van der Waals surface area contributed by atoms with Crippen molar-refractivity contribution in [1.29, 1.82) is 0 Å². The van der Waals surface area contributed by atoms with E-state index in [1.807, 2.05) is 0 Å². The second kappa shape index (κ2) is 11.2. The highest BCUT2D eigenvalue weighted by atomic mass is 16.4. The third-order valence-electron chi connectivity index (χ3n) is 5.58. The van der Waals surface area contributed by atoms with E-state index in [-0.39, 0.29) is 6.42 Å². The first-order valence-corrected chi connectivity index (χ1v) is 10.2. The molecule has 2 atom stereocenters. The number of carbonyl (C=O) groups is 1. The summed E-state index contributed by atoms with van der Waals surface area (Å²) >= 11 is 0. The third kappa shape index (κ3) is 7.33. The fourth-order valence-corrected chi connectivity index (χ4v) is 4.00. The van der Waals surface area contributed by atoms with Gasteiger partial charge in [-0.05, 0) is 69.0 Å². The molecule has 3 nitrogen and oxygen atoms in total. The van der Waals surface area contributed by atoms with Gasteiger partial charge in [-0.2, -0.15) is 0 Å². The summed E-state index contributed by atoms with van der Waals surface area (Å²) in [6.07, 6.45) is 13.0. The molecule has 1 fully saturated rings. The maximum Gasteiger partial charge on any atom is 0.303 e. The number of aliphatic carboxylic acids is 1. The number of allylic oxidation sites excluding steroid dienone is 2. The van der Waals surface area contributed by atoms with Gasteiger partial charge in [0.05, 0.1) is 0 Å². The maximum absolute atomic E-state index is 10.6. The Morgan fingerprint density at radius 1 is 1.23 bits per heavy atom. The minimum atomic E-state index is -0.693. The van der Waals surface area contributed by atoms with Crippen LogP contribution >= 0.6 is 0 Å². The molecule has 0 radical (unpaired) electrons. The van der Waals surface area contributed by atoms with Crippen LogP contribution in [0.5, 0.6) is 0 Å². The van der Waals surface area contributed by atoms with Gasteiger partial charge in [-0.15, -0.1) is 0 Å². The van der Waals surface area contributed by atoms with Crippen molar-refractivity contribution in [2.75, 3.05) is 6.54 Å². The molecule has 0 saturated heterocycles. The molecule has 0 spiro atoms. The van der Waals surface area contributed by atoms with Crippen LogP contribution in [0.1, 0.15) is 68.1 Å². The second-order valence-electron chi connectivity index (χ2n) is 7.84. The molecule has 1 aromatic carbocycles. The first kappa shape index (κ1) is 20.7. The molecule has 144 valence electrons. The highest BCUT2D eigenvalue weighted by molar-refractivity contribution is 5.66. The number of hydrogen-bond donors (Lipinski definition) is 2. The average Bonchev–Trinajstić information content (AvgIpc) is 2.81. The smallest absolute Gasteiger partial charge is 0.303 e. The van der Waals surface area contributed by atoms with Crippen LogP contribution in [0.4, 0.5) is 0 Å². The molecule has 1 aliphatic carbocycles. The van der Waals surface area contributed by atoms with Gasteiger partial charge >= 0.3 is 5.97 Å². The van der Waals surface area contributed by atoms with Crippen LogP contribution in [0.2, 0.25) is 0 Å². The molecule has 0 bridgehead atoms. The van der Waals surface area contributed by atoms with E-state index in [1.165, 1.54) is 48.8 Å². The van der Waals surface area contributed by atoms with Crippen molar-refractivity contribution < 1.29 is 9.90 Å². The molecule has 2 rings (SSSR count). The predicted molar refractivity (Wildman–Crippen MR) is 108 cm³/mol. The fraction of sp³-hybridized carbons (Fsp3) is 0.609. The van der Waals surface area contributed by atoms with E-state index in [4.69, 9.17) is 5.11 Å². The number of carboxylic acid groups (broad SMARTS) is 1. The molecule has 3 heteroatoms. The van der Waals surface area contributed by atoms with Gasteiger partial charge in [-0.1, -0.05) is 55.2 Å². The van der Waals surface area contributed by atoms with Gasteiger partial charge in [-0.3, -0.25) is 4.79 Å². The lowest BCUT2D eigenvalue weighted by Crippen LogP contribution is -2.27. The number of hydrogen-bond acceptors (Lipinski definition) is 2. The van der Waals surface area contributed by atoms with E-state index in [2.05, 4.69) is 49.5 Å². The summed E-state index contributed by atoms with van der Waals surface area (Å²) in [6.45, 7) is 6.34. The number of nitrogens with one attached hydrogen (secondary N) is 1. The van der Waals surface area contributed by atoms with Crippen molar-refractivity contribution in [3.8, 4) is 0 Å². The number of benzene rings is 1. The summed E-state index contributed by atoms with van der Waals surface area (Å²) in [5.74, 6) is 0.634. The monoisotopic (exact) mass is 357 g/mol. The molecule has 0 heterocycles. The SMILES string of the molecule is Cc1ccc(CNC[C@H]2CCCCC[C@@H]2/C=C\CCCC(=O)O)c(C)c1. The summed E-state index contributed by atoms with van der Waals surface area (Å²) in [5.41, 5.74) is 4.08. The van der Waals surface area contributed by atoms with Gasteiger partial charge in [0, 0.05) is 13.0 Å². The van der Waals surface area contributed by atoms with E-state index in [9.17, 15) is 4.79 Å². The first-order chi connectivity index (χ1) is 12.6. The van der Waals surface area contributed by atoms with Crippen LogP contribution in [-0.2, 0) is 11.3 Å². The van der Waals surface area contributed by atoms with E-state index in [1.54, 1.807) is 0 Å². The Bertz CT molecular complexity index is 594. The number of aryl methyl sites for hydroxylation is 2. The van der Waals surface area contributed by atoms with Gasteiger partial charge in [0.15, 0.2) is 0 Å². The van der Waals surface area contributed by atoms with Crippen molar-refractivity contribution in [1.82, 2.24) is 5.32 Å². The highest BCUT2D eigenvalue weighted by Crippen LogP contribution is 2.29. The minimum absolute atomic E-state index is 0.274. The summed E-state index contributed by atoms with van der Waals surface area (Å²) in [5, 5.41) is 12.4. The second-order valence-corrected chi connectivity index (χ2v) is 7.84. The molecule has 0 amide bonds. The van der Waals surface area contributed by atoms with Gasteiger partial charge < -0.3 is 10.4 Å². The average molecular weight is 358 g/mol. The summed E-state index contributed by atoms with van der Waals surface area (Å²) in [4.78, 5) is 10.6. The Hall–Kier alpha value is -1.61. The molecule has 2 N–H and O–H groups in total. The van der Waals surface area contributed by atoms with Crippen LogP contribution in [0.25, 0.3) is 0 Å². The first-order valence-electron chi connectivity index (χ1n) is 10.2. The molecule has 1 aromatic rings. The largest absolute Gasteiger partial charge is 0.481 e. The van der Waals surface area contributed by atoms with E-state index >= 15 is 0 Å². The van der Waals surface area contributed by atoms with Gasteiger partial charge in [-0.25, -0.2) is 0 Å². The molecular weight excluding hydrogens is 322 g/mol. The van der Waals surface area contributed by atoms with E-state index in [0.29, 0.717) is 11.8 Å². The van der Waals surface area contributed by atoms with Gasteiger partial charge in [0.1, 0.15) is 0 Å². The van der Waals surface area contributed by atoms with Crippen molar-refractivity contribution in [3.63, 3.8) is 0 Å². The molecule has 0 aromatic heterocycles. The molecule has 1 aliphatic rings. The topological polar surface area (TPSA) is 49.3 Å². The molecule has 26 heavy (non-hydrogen) atoms. The van der Waals surface area contributed by atoms with Gasteiger partial charge in [0.2, 0.25) is 0 Å². The van der Waals surface area contributed by atoms with Crippen molar-refractivity contribution in [2.45, 2.75) is 71.8 Å². The van der Waals surface area contributed by atoms with Crippen molar-refractivity contribution in [2.24, 2.45) is 11.8 Å². The Morgan fingerprint density at radius 2 is 2.04 bits per heavy atom. The normalized spacial score (nSPS) is 21.0. The summed E-state index contributed by atoms with van der Waals surface area (Å²) in [7, 11) is 0. The highest BCUT2D eigenvalue weighted by Gasteiger charge is 2.21. The fourth-order valence-electron chi connectivity index (χ4n) is 4.00. The van der Waals surface area contributed by atoms with E-state index < -0.39 is 5.97 Å². The predicted octanol–water partition coefficient (Wildman–Crippen LogP) is 5.40. The van der Waals surface area contributed by atoms with Gasteiger partial charge in [0.25, 0.3) is 0 Å². The zero-order valence-corrected chi connectivity index (χ0v) is 16.5. The third-order valence-corrected chi connectivity index (χ3v) is 5.58. The quantitative estimate of drug-likeness (QED) is 0.353. The number of rotatable bonds is 9. The van der Waals surface area contributed by atoms with Crippen molar-refractivity contribution >= 4 is 5.97 Å². The summed E-state index contributed by atoms with van der Waals surface area (Å²) < 4.78 is 0. The van der Waals surface area contributed by atoms with Crippen LogP contribution in [-0.4, -0.2) is 17.6 Å². The zero-order valence-electron chi connectivity index (χ0n) is 16.5. The number of carboxylic acids is 1. The maximum atomic E-state index is 10.6. The van der Waals surface area contributed by atoms with Crippen LogP contribution < -0.4 is 5.32 Å². The van der Waals surface area contributed by atoms with Crippen LogP contribution in [0, 0.1) is 25.7 Å². The minimum Gasteiger partial charge on any atom is -0.481 e. The van der Waals surface area contributed by atoms with Crippen LogP contribution in [0.15, 0.2) is 30.4 Å². The lowest BCUT2D eigenvalue weighted by atomic mass is 9.87. The zero-order chi connectivity index (χ0) is 18.8. The lowest BCUT2D eigenvalue weighted by molar-refractivity contribution is -0.137. The van der Waals surface area contributed by atoms with Crippen LogP contribution in [0.3, 0.4) is 0 Å². The molecular formula is C23H35NO2. The van der Waals surface area contributed by atoms with E-state index in [0.717, 1.165) is 25.9 Å². The Morgan fingerprint density at radius 3 is 2.81 bits per heavy atom. The standard InChI is InChI=1S/C23H35NO2/c1-18-13-14-21(19(2)15-18)16-24-17-22-11-7-3-5-9-20(22)10-6-4-8-12-23(25)26/h6,10,13-15,20,22,24H,3-5,7-9,11-12,16-17H2,1-2H3,(H,25,26)/b10-6-/t20-,22-/m1/s1. The Kier molecular flexibility index (Phi) is 8.90.